The maximum absolute atomic E-state index is 13.2. The van der Waals surface area contributed by atoms with E-state index >= 15 is 0 Å². The Bertz CT molecular complexity index is 882. The number of carbonyl (C=O) groups excluding carboxylic acids is 2. The number of amides is 2. The van der Waals surface area contributed by atoms with Crippen LogP contribution >= 0.6 is 0 Å². The van der Waals surface area contributed by atoms with Gasteiger partial charge in [0.25, 0.3) is 5.91 Å². The molecule has 0 radical (unpaired) electrons. The average molecular weight is 385 g/mol. The van der Waals surface area contributed by atoms with Crippen LogP contribution in [0.25, 0.3) is 0 Å². The summed E-state index contributed by atoms with van der Waals surface area (Å²) in [5, 5.41) is 15.1. The van der Waals surface area contributed by atoms with Gasteiger partial charge in [0.05, 0.1) is 17.0 Å². The predicted molar refractivity (Wildman–Crippen MR) is 85.5 cm³/mol. The molecule has 0 aliphatic carbocycles. The van der Waals surface area contributed by atoms with Gasteiger partial charge in [-0.1, -0.05) is 0 Å². The minimum atomic E-state index is -4.54. The fourth-order valence-corrected chi connectivity index (χ4v) is 2.01. The molecule has 0 unspecified atom stereocenters. The first-order valence-corrected chi connectivity index (χ1v) is 7.27. The number of benzene rings is 2. The van der Waals surface area contributed by atoms with Crippen molar-refractivity contribution < 1.29 is 32.1 Å². The van der Waals surface area contributed by atoms with Crippen LogP contribution in [0.15, 0.2) is 42.5 Å². The van der Waals surface area contributed by atoms with Crippen molar-refractivity contribution in [2.24, 2.45) is 0 Å². The van der Waals surface area contributed by atoms with Crippen molar-refractivity contribution in [3.05, 3.63) is 69.5 Å². The number of hydrogen-bond acceptors (Lipinski definition) is 4. The molecule has 2 N–H and O–H groups in total. The minimum absolute atomic E-state index is 0.0584. The number of nitro benzene ring substituents is 1. The molecular formula is C16H11F4N3O4. The summed E-state index contributed by atoms with van der Waals surface area (Å²) in [6, 6.07) is 6.08. The van der Waals surface area contributed by atoms with E-state index in [9.17, 15) is 37.3 Å². The smallest absolute Gasteiger partial charge is 0.343 e. The highest BCUT2D eigenvalue weighted by Crippen LogP contribution is 2.29. The summed E-state index contributed by atoms with van der Waals surface area (Å²) >= 11 is 0. The Morgan fingerprint density at radius 1 is 1.07 bits per heavy atom. The maximum Gasteiger partial charge on any atom is 0.416 e. The van der Waals surface area contributed by atoms with Gasteiger partial charge in [0, 0.05) is 17.3 Å². The number of alkyl halides is 3. The largest absolute Gasteiger partial charge is 0.416 e. The van der Waals surface area contributed by atoms with Crippen LogP contribution < -0.4 is 10.6 Å². The van der Waals surface area contributed by atoms with Crippen molar-refractivity contribution in [2.45, 2.75) is 6.18 Å². The van der Waals surface area contributed by atoms with Gasteiger partial charge in [-0.3, -0.25) is 19.7 Å². The van der Waals surface area contributed by atoms with E-state index in [1.165, 1.54) is 0 Å². The number of carbonyl (C=O) groups is 2. The van der Waals surface area contributed by atoms with Crippen LogP contribution in [0.2, 0.25) is 0 Å². The van der Waals surface area contributed by atoms with Crippen LogP contribution in [0.1, 0.15) is 15.9 Å². The lowest BCUT2D eigenvalue weighted by Gasteiger charge is -2.09. The van der Waals surface area contributed by atoms with Crippen LogP contribution in [0.4, 0.5) is 28.9 Å². The van der Waals surface area contributed by atoms with Crippen LogP contribution in [0.5, 0.6) is 0 Å². The molecule has 0 atom stereocenters. The highest BCUT2D eigenvalue weighted by Gasteiger charge is 2.30. The lowest BCUT2D eigenvalue weighted by atomic mass is 10.1. The summed E-state index contributed by atoms with van der Waals surface area (Å²) in [5.74, 6) is -2.63. The van der Waals surface area contributed by atoms with Crippen molar-refractivity contribution in [3.63, 3.8) is 0 Å². The fourth-order valence-electron chi connectivity index (χ4n) is 2.01. The molecule has 0 aromatic heterocycles. The molecule has 0 aliphatic rings. The van der Waals surface area contributed by atoms with E-state index in [-0.39, 0.29) is 11.3 Å². The number of rotatable bonds is 5. The summed E-state index contributed by atoms with van der Waals surface area (Å²) in [6.45, 7) is -0.551. The van der Waals surface area contributed by atoms with Gasteiger partial charge in [0.15, 0.2) is 0 Å². The number of nitrogens with one attached hydrogen (secondary N) is 2. The standard InChI is InChI=1S/C16H11F4N3O4/c17-12-6-5-11(7-13(12)23(26)27)22-14(24)8-21-15(25)9-1-3-10(4-2-9)16(18,19)20/h1-7H,8H2,(H,21,25)(H,22,24). The predicted octanol–water partition coefficient (Wildman–Crippen LogP) is 3.12. The maximum atomic E-state index is 13.2. The van der Waals surface area contributed by atoms with Crippen LogP contribution in [0, 0.1) is 15.9 Å². The highest BCUT2D eigenvalue weighted by atomic mass is 19.4. The van der Waals surface area contributed by atoms with E-state index in [1.807, 2.05) is 0 Å². The van der Waals surface area contributed by atoms with Gasteiger partial charge in [-0.15, -0.1) is 0 Å². The first-order valence-electron chi connectivity index (χ1n) is 7.27. The number of halogens is 4. The molecule has 7 nitrogen and oxygen atoms in total. The summed E-state index contributed by atoms with van der Waals surface area (Å²) < 4.78 is 50.6. The van der Waals surface area contributed by atoms with Crippen molar-refractivity contribution in [3.8, 4) is 0 Å². The van der Waals surface area contributed by atoms with Crippen molar-refractivity contribution in [1.29, 1.82) is 0 Å². The SMILES string of the molecule is O=C(CNC(=O)c1ccc(C(F)(F)F)cc1)Nc1ccc(F)c([N+](=O)[O-])c1. The molecule has 0 saturated heterocycles. The normalized spacial score (nSPS) is 11.0. The van der Waals surface area contributed by atoms with E-state index in [1.54, 1.807) is 0 Å². The number of anilines is 1. The van der Waals surface area contributed by atoms with Crippen molar-refractivity contribution in [2.75, 3.05) is 11.9 Å². The molecule has 0 bridgehead atoms. The van der Waals surface area contributed by atoms with Crippen molar-refractivity contribution in [1.82, 2.24) is 5.32 Å². The molecule has 142 valence electrons. The van der Waals surface area contributed by atoms with Crippen molar-refractivity contribution >= 4 is 23.2 Å². The van der Waals surface area contributed by atoms with E-state index in [0.717, 1.165) is 42.5 Å². The van der Waals surface area contributed by atoms with Crippen LogP contribution in [-0.2, 0) is 11.0 Å². The van der Waals surface area contributed by atoms with E-state index in [4.69, 9.17) is 0 Å². The third-order valence-electron chi connectivity index (χ3n) is 3.31. The summed E-state index contributed by atoms with van der Waals surface area (Å²) in [4.78, 5) is 33.3. The molecule has 2 aromatic carbocycles. The first-order chi connectivity index (χ1) is 12.6. The molecule has 27 heavy (non-hydrogen) atoms. The Balaban J connectivity index is 1.94. The lowest BCUT2D eigenvalue weighted by molar-refractivity contribution is -0.387. The minimum Gasteiger partial charge on any atom is -0.343 e. The molecule has 11 heteroatoms. The second-order valence-electron chi connectivity index (χ2n) is 5.23. The lowest BCUT2D eigenvalue weighted by Crippen LogP contribution is -2.32. The monoisotopic (exact) mass is 385 g/mol. The second-order valence-corrected chi connectivity index (χ2v) is 5.23. The molecule has 0 fully saturated rings. The van der Waals surface area contributed by atoms with Gasteiger partial charge in [-0.05, 0) is 36.4 Å². The Kier molecular flexibility index (Phi) is 5.73. The molecular weight excluding hydrogens is 374 g/mol. The fraction of sp³-hybridized carbons (Fsp3) is 0.125. The van der Waals surface area contributed by atoms with E-state index in [0.29, 0.717) is 0 Å². The van der Waals surface area contributed by atoms with Gasteiger partial charge in [0.2, 0.25) is 11.7 Å². The quantitative estimate of drug-likeness (QED) is 0.469. The zero-order valence-corrected chi connectivity index (χ0v) is 13.3. The zero-order chi connectivity index (χ0) is 20.2. The summed E-state index contributed by atoms with van der Waals surface area (Å²) in [5.41, 5.74) is -1.90. The Morgan fingerprint density at radius 2 is 1.70 bits per heavy atom. The molecule has 0 saturated carbocycles. The average Bonchev–Trinajstić information content (AvgIpc) is 2.60. The summed E-state index contributed by atoms with van der Waals surface area (Å²) in [6.07, 6.45) is -4.54. The molecule has 0 spiro atoms. The van der Waals surface area contributed by atoms with E-state index in [2.05, 4.69) is 10.6 Å². The third-order valence-corrected chi connectivity index (χ3v) is 3.31. The van der Waals surface area contributed by atoms with Crippen LogP contribution in [-0.4, -0.2) is 23.3 Å². The Hall–Kier alpha value is -3.50. The molecule has 0 heterocycles. The Labute approximate surface area is 149 Å². The number of nitrogens with zero attached hydrogens (tertiary/aromatic N) is 1. The van der Waals surface area contributed by atoms with Gasteiger partial charge in [-0.2, -0.15) is 17.6 Å². The zero-order valence-electron chi connectivity index (χ0n) is 13.3. The number of nitro groups is 1. The molecule has 2 aromatic rings. The number of hydrogen-bond donors (Lipinski definition) is 2. The topological polar surface area (TPSA) is 101 Å². The highest BCUT2D eigenvalue weighted by molar-refractivity contribution is 5.99. The van der Waals surface area contributed by atoms with E-state index < -0.39 is 46.5 Å². The van der Waals surface area contributed by atoms with Crippen LogP contribution in [0.3, 0.4) is 0 Å². The first kappa shape index (κ1) is 19.8. The summed E-state index contributed by atoms with van der Waals surface area (Å²) in [7, 11) is 0. The van der Waals surface area contributed by atoms with Gasteiger partial charge in [-0.25, -0.2) is 0 Å². The molecule has 0 aliphatic heterocycles. The Morgan fingerprint density at radius 3 is 2.26 bits per heavy atom. The molecule has 2 amide bonds. The van der Waals surface area contributed by atoms with Gasteiger partial charge >= 0.3 is 11.9 Å². The molecule has 2 rings (SSSR count). The second kappa shape index (κ2) is 7.81. The third kappa shape index (κ3) is 5.23. The van der Waals surface area contributed by atoms with Gasteiger partial charge < -0.3 is 10.6 Å². The van der Waals surface area contributed by atoms with Gasteiger partial charge in [0.1, 0.15) is 0 Å².